The lowest BCUT2D eigenvalue weighted by Crippen LogP contribution is -2.47. The Balaban J connectivity index is 2.29. The zero-order valence-electron chi connectivity index (χ0n) is 15.2. The Labute approximate surface area is 147 Å². The molecule has 0 saturated carbocycles. The van der Waals surface area contributed by atoms with E-state index in [1.165, 1.54) is 5.57 Å². The van der Waals surface area contributed by atoms with E-state index in [2.05, 4.69) is 32.3 Å². The van der Waals surface area contributed by atoms with Crippen molar-refractivity contribution in [1.82, 2.24) is 4.90 Å². The molecule has 3 nitrogen and oxygen atoms in total. The monoisotopic (exact) mass is 349 g/mol. The van der Waals surface area contributed by atoms with Crippen LogP contribution in [0.1, 0.15) is 46.5 Å². The van der Waals surface area contributed by atoms with E-state index in [1.807, 2.05) is 6.07 Å². The van der Waals surface area contributed by atoms with Gasteiger partial charge in [0.2, 0.25) is 0 Å². The van der Waals surface area contributed by atoms with Gasteiger partial charge in [-0.2, -0.15) is 0 Å². The zero-order valence-corrected chi connectivity index (χ0v) is 16.1. The molecule has 2 rings (SSSR count). The molecule has 134 valence electrons. The van der Waals surface area contributed by atoms with Gasteiger partial charge in [0.25, 0.3) is 0 Å². The van der Waals surface area contributed by atoms with Crippen molar-refractivity contribution in [3.05, 3.63) is 42.5 Å². The molecule has 0 N–H and O–H groups in total. The Morgan fingerprint density at radius 3 is 2.50 bits per heavy atom. The van der Waals surface area contributed by atoms with Gasteiger partial charge >= 0.3 is 0 Å². The molecule has 0 bridgehead atoms. The standard InChI is InChI=1S/C20H31NO2S/c1-16(2)12-13-20(21-14-8-9-18(15-21)17(3)4)24(22,23)19-10-6-5-7-11-19/h5-7,10-11,16,18,20H,3,8-9,12-15H2,1-2,4H3. The van der Waals surface area contributed by atoms with Gasteiger partial charge in [-0.1, -0.05) is 44.2 Å². The molecule has 0 radical (unpaired) electrons. The van der Waals surface area contributed by atoms with Crippen molar-refractivity contribution in [3.8, 4) is 0 Å². The number of rotatable bonds is 7. The van der Waals surface area contributed by atoms with Crippen LogP contribution in [0.15, 0.2) is 47.4 Å². The number of sulfone groups is 1. The van der Waals surface area contributed by atoms with E-state index in [9.17, 15) is 8.42 Å². The van der Waals surface area contributed by atoms with Gasteiger partial charge < -0.3 is 0 Å². The molecule has 24 heavy (non-hydrogen) atoms. The molecule has 0 aromatic heterocycles. The van der Waals surface area contributed by atoms with Crippen molar-refractivity contribution < 1.29 is 8.42 Å². The molecule has 1 aromatic carbocycles. The van der Waals surface area contributed by atoms with Gasteiger partial charge in [-0.25, -0.2) is 8.42 Å². The van der Waals surface area contributed by atoms with Crippen molar-refractivity contribution in [2.45, 2.75) is 56.7 Å². The molecule has 1 heterocycles. The minimum Gasteiger partial charge on any atom is -0.286 e. The number of hydrogen-bond acceptors (Lipinski definition) is 3. The zero-order chi connectivity index (χ0) is 17.7. The van der Waals surface area contributed by atoms with Crippen LogP contribution in [0.4, 0.5) is 0 Å². The molecule has 2 atom stereocenters. The van der Waals surface area contributed by atoms with Crippen LogP contribution in [0.25, 0.3) is 0 Å². The first kappa shape index (κ1) is 19.2. The normalized spacial score (nSPS) is 20.9. The molecular weight excluding hydrogens is 318 g/mol. The van der Waals surface area contributed by atoms with Crippen molar-refractivity contribution in [3.63, 3.8) is 0 Å². The lowest BCUT2D eigenvalue weighted by atomic mass is 9.92. The van der Waals surface area contributed by atoms with Gasteiger partial charge in [-0.05, 0) is 63.1 Å². The average molecular weight is 350 g/mol. The summed E-state index contributed by atoms with van der Waals surface area (Å²) in [6.45, 7) is 12.1. The third kappa shape index (κ3) is 4.70. The summed E-state index contributed by atoms with van der Waals surface area (Å²) in [6.07, 6.45) is 3.77. The molecule has 0 amide bonds. The highest BCUT2D eigenvalue weighted by Gasteiger charge is 2.35. The van der Waals surface area contributed by atoms with Crippen LogP contribution in [0.2, 0.25) is 0 Å². The molecule has 1 aromatic rings. The third-order valence-corrected chi connectivity index (χ3v) is 7.16. The van der Waals surface area contributed by atoms with Gasteiger partial charge in [-0.15, -0.1) is 0 Å². The summed E-state index contributed by atoms with van der Waals surface area (Å²) in [6, 6.07) is 8.91. The second-order valence-corrected chi connectivity index (χ2v) is 9.57. The quantitative estimate of drug-likeness (QED) is 0.680. The average Bonchev–Trinajstić information content (AvgIpc) is 2.55. The van der Waals surface area contributed by atoms with E-state index in [4.69, 9.17) is 0 Å². The smallest absolute Gasteiger partial charge is 0.194 e. The first-order chi connectivity index (χ1) is 11.3. The Kier molecular flexibility index (Phi) is 6.64. The summed E-state index contributed by atoms with van der Waals surface area (Å²) >= 11 is 0. The minimum atomic E-state index is -3.35. The van der Waals surface area contributed by atoms with Gasteiger partial charge in [-0.3, -0.25) is 4.90 Å². The van der Waals surface area contributed by atoms with Crippen LogP contribution in [0.3, 0.4) is 0 Å². The molecule has 0 spiro atoms. The molecule has 1 aliphatic rings. The lowest BCUT2D eigenvalue weighted by molar-refractivity contribution is 0.164. The lowest BCUT2D eigenvalue weighted by Gasteiger charge is -2.38. The van der Waals surface area contributed by atoms with Crippen molar-refractivity contribution in [2.75, 3.05) is 13.1 Å². The Morgan fingerprint density at radius 1 is 1.25 bits per heavy atom. The van der Waals surface area contributed by atoms with Crippen molar-refractivity contribution in [2.24, 2.45) is 11.8 Å². The Bertz CT molecular complexity index is 637. The van der Waals surface area contributed by atoms with Gasteiger partial charge in [0, 0.05) is 6.54 Å². The maximum absolute atomic E-state index is 13.3. The molecule has 2 unspecified atom stereocenters. The van der Waals surface area contributed by atoms with E-state index in [-0.39, 0.29) is 0 Å². The number of benzene rings is 1. The summed E-state index contributed by atoms with van der Waals surface area (Å²) < 4.78 is 26.5. The van der Waals surface area contributed by atoms with Crippen LogP contribution < -0.4 is 0 Å². The number of nitrogens with zero attached hydrogens (tertiary/aromatic N) is 1. The van der Waals surface area contributed by atoms with E-state index in [0.29, 0.717) is 23.2 Å². The van der Waals surface area contributed by atoms with E-state index in [1.54, 1.807) is 24.3 Å². The van der Waals surface area contributed by atoms with E-state index < -0.39 is 15.2 Å². The number of piperidine rings is 1. The molecule has 1 saturated heterocycles. The molecule has 1 fully saturated rings. The fourth-order valence-electron chi connectivity index (χ4n) is 3.45. The highest BCUT2D eigenvalue weighted by Crippen LogP contribution is 2.30. The van der Waals surface area contributed by atoms with Crippen molar-refractivity contribution >= 4 is 9.84 Å². The van der Waals surface area contributed by atoms with E-state index >= 15 is 0 Å². The fraction of sp³-hybridized carbons (Fsp3) is 0.600. The molecular formula is C20H31NO2S. The van der Waals surface area contributed by atoms with E-state index in [0.717, 1.165) is 32.4 Å². The molecule has 0 aliphatic carbocycles. The summed E-state index contributed by atoms with van der Waals surface area (Å²) in [4.78, 5) is 2.63. The van der Waals surface area contributed by atoms with Crippen LogP contribution in [-0.4, -0.2) is 31.8 Å². The molecule has 4 heteroatoms. The van der Waals surface area contributed by atoms with Gasteiger partial charge in [0.15, 0.2) is 9.84 Å². The van der Waals surface area contributed by atoms with Gasteiger partial charge in [0.05, 0.1) is 4.90 Å². The minimum absolute atomic E-state index is 0.409. The second kappa shape index (κ2) is 8.30. The van der Waals surface area contributed by atoms with Crippen molar-refractivity contribution in [1.29, 1.82) is 0 Å². The third-order valence-electron chi connectivity index (χ3n) is 4.98. The maximum atomic E-state index is 13.3. The number of likely N-dealkylation sites (tertiary alicyclic amines) is 1. The van der Waals surface area contributed by atoms with Crippen LogP contribution >= 0.6 is 0 Å². The highest BCUT2D eigenvalue weighted by atomic mass is 32.2. The SMILES string of the molecule is C=C(C)C1CCCN(C(CCC(C)C)S(=O)(=O)c2ccccc2)C1. The maximum Gasteiger partial charge on any atom is 0.194 e. The highest BCUT2D eigenvalue weighted by molar-refractivity contribution is 7.92. The van der Waals surface area contributed by atoms with Crippen LogP contribution in [-0.2, 0) is 9.84 Å². The predicted molar refractivity (Wildman–Crippen MR) is 101 cm³/mol. The Morgan fingerprint density at radius 2 is 1.92 bits per heavy atom. The fourth-order valence-corrected chi connectivity index (χ4v) is 5.33. The topological polar surface area (TPSA) is 37.4 Å². The first-order valence-electron chi connectivity index (χ1n) is 9.00. The summed E-state index contributed by atoms with van der Waals surface area (Å²) in [7, 11) is -3.35. The summed E-state index contributed by atoms with van der Waals surface area (Å²) in [5.74, 6) is 0.909. The summed E-state index contributed by atoms with van der Waals surface area (Å²) in [5, 5.41) is -0.426. The first-order valence-corrected chi connectivity index (χ1v) is 10.6. The predicted octanol–water partition coefficient (Wildman–Crippen LogP) is 4.51. The second-order valence-electron chi connectivity index (χ2n) is 7.46. The number of hydrogen-bond donors (Lipinski definition) is 0. The van der Waals surface area contributed by atoms with Crippen LogP contribution in [0.5, 0.6) is 0 Å². The van der Waals surface area contributed by atoms with Crippen LogP contribution in [0, 0.1) is 11.8 Å². The Hall–Kier alpha value is -1.13. The molecule has 1 aliphatic heterocycles. The summed E-state index contributed by atoms with van der Waals surface area (Å²) in [5.41, 5.74) is 1.17. The van der Waals surface area contributed by atoms with Gasteiger partial charge in [0.1, 0.15) is 5.37 Å². The largest absolute Gasteiger partial charge is 0.286 e.